The molecule has 4 nitrogen and oxygen atoms in total. The van der Waals surface area contributed by atoms with E-state index in [-0.39, 0.29) is 6.04 Å². The number of imidazole rings is 1. The molecule has 1 aromatic carbocycles. The van der Waals surface area contributed by atoms with Gasteiger partial charge in [0.15, 0.2) is 0 Å². The average Bonchev–Trinajstić information content (AvgIpc) is 3.00. The highest BCUT2D eigenvalue weighted by molar-refractivity contribution is 5.28. The average molecular weight is 273 g/mol. The topological polar surface area (TPSA) is 49.9 Å². The van der Waals surface area contributed by atoms with Crippen LogP contribution in [0.1, 0.15) is 44.1 Å². The van der Waals surface area contributed by atoms with E-state index in [9.17, 15) is 0 Å². The van der Waals surface area contributed by atoms with E-state index in [1.807, 2.05) is 18.3 Å². The molecule has 0 amide bonds. The summed E-state index contributed by atoms with van der Waals surface area (Å²) in [5, 5.41) is 3.52. The van der Waals surface area contributed by atoms with E-state index in [0.717, 1.165) is 37.6 Å². The molecule has 2 rings (SSSR count). The Morgan fingerprint density at radius 1 is 1.35 bits per heavy atom. The predicted molar refractivity (Wildman–Crippen MR) is 80.7 cm³/mol. The maximum atomic E-state index is 5.65. The lowest BCUT2D eigenvalue weighted by atomic mass is 10.1. The van der Waals surface area contributed by atoms with Crippen LogP contribution in [0.15, 0.2) is 36.7 Å². The van der Waals surface area contributed by atoms with Gasteiger partial charge in [-0.05, 0) is 30.5 Å². The van der Waals surface area contributed by atoms with Crippen LogP contribution in [0.4, 0.5) is 0 Å². The second-order valence-electron chi connectivity index (χ2n) is 4.81. The highest BCUT2D eigenvalue weighted by atomic mass is 16.5. The molecule has 0 fully saturated rings. The molecular formula is C16H23N3O. The van der Waals surface area contributed by atoms with Crippen LogP contribution in [-0.4, -0.2) is 16.6 Å². The second-order valence-corrected chi connectivity index (χ2v) is 4.81. The monoisotopic (exact) mass is 273 g/mol. The molecule has 20 heavy (non-hydrogen) atoms. The van der Waals surface area contributed by atoms with E-state index in [4.69, 9.17) is 4.74 Å². The first-order valence-electron chi connectivity index (χ1n) is 7.27. The molecule has 0 saturated heterocycles. The van der Waals surface area contributed by atoms with E-state index < -0.39 is 0 Å². The van der Waals surface area contributed by atoms with Crippen molar-refractivity contribution in [1.29, 1.82) is 0 Å². The number of nitrogens with zero attached hydrogens (tertiary/aromatic N) is 1. The Bertz CT molecular complexity index is 496. The molecule has 108 valence electrons. The Balaban J connectivity index is 1.92. The van der Waals surface area contributed by atoms with Crippen LogP contribution in [0.3, 0.4) is 0 Å². The van der Waals surface area contributed by atoms with Crippen LogP contribution in [0.25, 0.3) is 0 Å². The molecule has 0 aliphatic carbocycles. The van der Waals surface area contributed by atoms with Crippen molar-refractivity contribution in [3.8, 4) is 5.75 Å². The molecule has 1 heterocycles. The maximum Gasteiger partial charge on any atom is 0.123 e. The molecule has 1 aromatic heterocycles. The van der Waals surface area contributed by atoms with Crippen molar-refractivity contribution in [3.05, 3.63) is 48.0 Å². The molecule has 2 N–H and O–H groups in total. The standard InChI is InChI=1S/C16H23N3O/c1-3-10-20-14-7-5-6-13(11-14)12-19-15(4-2)16-17-8-9-18-16/h5-9,11,15,19H,3-4,10,12H2,1-2H3,(H,17,18). The highest BCUT2D eigenvalue weighted by Gasteiger charge is 2.10. The van der Waals surface area contributed by atoms with E-state index in [1.54, 1.807) is 6.20 Å². The number of hydrogen-bond acceptors (Lipinski definition) is 3. The van der Waals surface area contributed by atoms with Gasteiger partial charge in [-0.25, -0.2) is 4.98 Å². The molecule has 0 aliphatic heterocycles. The lowest BCUT2D eigenvalue weighted by Gasteiger charge is -2.15. The third kappa shape index (κ3) is 4.10. The third-order valence-electron chi connectivity index (χ3n) is 3.18. The van der Waals surface area contributed by atoms with Crippen molar-refractivity contribution in [2.24, 2.45) is 0 Å². The minimum Gasteiger partial charge on any atom is -0.494 e. The summed E-state index contributed by atoms with van der Waals surface area (Å²) in [7, 11) is 0. The number of nitrogens with one attached hydrogen (secondary N) is 2. The number of rotatable bonds is 8. The molecule has 1 atom stereocenters. The molecule has 0 saturated carbocycles. The number of aromatic nitrogens is 2. The largest absolute Gasteiger partial charge is 0.494 e. The van der Waals surface area contributed by atoms with Crippen molar-refractivity contribution in [1.82, 2.24) is 15.3 Å². The number of ether oxygens (including phenoxy) is 1. The number of hydrogen-bond donors (Lipinski definition) is 2. The fourth-order valence-corrected chi connectivity index (χ4v) is 2.11. The van der Waals surface area contributed by atoms with Crippen molar-refractivity contribution >= 4 is 0 Å². The smallest absolute Gasteiger partial charge is 0.123 e. The zero-order valence-electron chi connectivity index (χ0n) is 12.2. The number of benzene rings is 1. The quantitative estimate of drug-likeness (QED) is 0.774. The normalized spacial score (nSPS) is 12.3. The third-order valence-corrected chi connectivity index (χ3v) is 3.18. The summed E-state index contributed by atoms with van der Waals surface area (Å²) in [5.74, 6) is 1.93. The molecule has 0 bridgehead atoms. The lowest BCUT2D eigenvalue weighted by molar-refractivity contribution is 0.317. The van der Waals surface area contributed by atoms with Crippen LogP contribution >= 0.6 is 0 Å². The van der Waals surface area contributed by atoms with Gasteiger partial charge in [-0.2, -0.15) is 0 Å². The first kappa shape index (κ1) is 14.6. The van der Waals surface area contributed by atoms with Gasteiger partial charge in [0.25, 0.3) is 0 Å². The fourth-order valence-electron chi connectivity index (χ4n) is 2.11. The summed E-state index contributed by atoms with van der Waals surface area (Å²) in [6, 6.07) is 8.50. The zero-order valence-corrected chi connectivity index (χ0v) is 12.2. The van der Waals surface area contributed by atoms with E-state index in [1.165, 1.54) is 5.56 Å². The van der Waals surface area contributed by atoms with Crippen molar-refractivity contribution < 1.29 is 4.74 Å². The van der Waals surface area contributed by atoms with Crippen LogP contribution in [0, 0.1) is 0 Å². The zero-order chi connectivity index (χ0) is 14.2. The van der Waals surface area contributed by atoms with Gasteiger partial charge in [-0.3, -0.25) is 0 Å². The minimum absolute atomic E-state index is 0.255. The molecule has 0 radical (unpaired) electrons. The van der Waals surface area contributed by atoms with Crippen LogP contribution < -0.4 is 10.1 Å². The minimum atomic E-state index is 0.255. The van der Waals surface area contributed by atoms with Gasteiger partial charge in [0.2, 0.25) is 0 Å². The van der Waals surface area contributed by atoms with E-state index in [0.29, 0.717) is 0 Å². The van der Waals surface area contributed by atoms with Gasteiger partial charge in [0.05, 0.1) is 12.6 Å². The van der Waals surface area contributed by atoms with Crippen LogP contribution in [-0.2, 0) is 6.54 Å². The summed E-state index contributed by atoms with van der Waals surface area (Å²) in [5.41, 5.74) is 1.23. The van der Waals surface area contributed by atoms with Crippen molar-refractivity contribution in [2.75, 3.05) is 6.61 Å². The van der Waals surface area contributed by atoms with Crippen LogP contribution in [0.5, 0.6) is 5.75 Å². The fraction of sp³-hybridized carbons (Fsp3) is 0.438. The Hall–Kier alpha value is -1.81. The summed E-state index contributed by atoms with van der Waals surface area (Å²) in [4.78, 5) is 7.48. The lowest BCUT2D eigenvalue weighted by Crippen LogP contribution is -2.21. The molecule has 4 heteroatoms. The SMILES string of the molecule is CCCOc1cccc(CNC(CC)c2ncc[nH]2)c1. The molecule has 1 unspecified atom stereocenters. The maximum absolute atomic E-state index is 5.65. The Kier molecular flexibility index (Phi) is 5.62. The van der Waals surface area contributed by atoms with Crippen molar-refractivity contribution in [3.63, 3.8) is 0 Å². The second kappa shape index (κ2) is 7.70. The Labute approximate surface area is 120 Å². The van der Waals surface area contributed by atoms with Gasteiger partial charge < -0.3 is 15.0 Å². The highest BCUT2D eigenvalue weighted by Crippen LogP contribution is 2.16. The van der Waals surface area contributed by atoms with Crippen molar-refractivity contribution in [2.45, 2.75) is 39.3 Å². The number of aromatic amines is 1. The van der Waals surface area contributed by atoms with Gasteiger partial charge in [-0.1, -0.05) is 26.0 Å². The summed E-state index contributed by atoms with van der Waals surface area (Å²) in [6.45, 7) is 5.84. The molecule has 2 aromatic rings. The Morgan fingerprint density at radius 3 is 2.95 bits per heavy atom. The predicted octanol–water partition coefficient (Wildman–Crippen LogP) is 3.44. The molecular weight excluding hydrogens is 250 g/mol. The summed E-state index contributed by atoms with van der Waals surface area (Å²) in [6.07, 6.45) is 5.68. The summed E-state index contributed by atoms with van der Waals surface area (Å²) < 4.78 is 5.65. The first-order valence-corrected chi connectivity index (χ1v) is 7.27. The van der Waals surface area contributed by atoms with Crippen LogP contribution in [0.2, 0.25) is 0 Å². The van der Waals surface area contributed by atoms with E-state index >= 15 is 0 Å². The van der Waals surface area contributed by atoms with Gasteiger partial charge >= 0.3 is 0 Å². The number of H-pyrrole nitrogens is 1. The first-order chi connectivity index (χ1) is 9.83. The Morgan fingerprint density at radius 2 is 2.25 bits per heavy atom. The van der Waals surface area contributed by atoms with Gasteiger partial charge in [-0.15, -0.1) is 0 Å². The van der Waals surface area contributed by atoms with E-state index in [2.05, 4.69) is 41.3 Å². The molecule has 0 aliphatic rings. The van der Waals surface area contributed by atoms with Gasteiger partial charge in [0.1, 0.15) is 11.6 Å². The van der Waals surface area contributed by atoms with Gasteiger partial charge in [0, 0.05) is 18.9 Å². The molecule has 0 spiro atoms. The summed E-state index contributed by atoms with van der Waals surface area (Å²) >= 11 is 0.